The first-order valence-corrected chi connectivity index (χ1v) is 6.81. The van der Waals surface area contributed by atoms with E-state index in [9.17, 15) is 0 Å². The Kier molecular flexibility index (Phi) is 3.51. The van der Waals surface area contributed by atoms with Gasteiger partial charge in [-0.05, 0) is 32.1 Å². The van der Waals surface area contributed by atoms with Crippen LogP contribution >= 0.6 is 0 Å². The Balaban J connectivity index is 1.72. The Hall–Kier alpha value is -1.78. The summed E-state index contributed by atoms with van der Waals surface area (Å²) in [7, 11) is 0. The number of para-hydroxylation sites is 1. The van der Waals surface area contributed by atoms with Crippen LogP contribution in [0.1, 0.15) is 19.4 Å². The molecule has 4 heteroatoms. The van der Waals surface area contributed by atoms with Crippen molar-refractivity contribution in [3.63, 3.8) is 0 Å². The molecule has 1 aromatic carbocycles. The highest BCUT2D eigenvalue weighted by atomic mass is 16.7. The lowest BCUT2D eigenvalue weighted by Crippen LogP contribution is -2.22. The highest BCUT2D eigenvalue weighted by Crippen LogP contribution is 2.25. The number of hydroxylamine groups is 1. The van der Waals surface area contributed by atoms with Crippen LogP contribution in [0.3, 0.4) is 0 Å². The second kappa shape index (κ2) is 5.31. The Labute approximate surface area is 119 Å². The van der Waals surface area contributed by atoms with Crippen LogP contribution in [0.2, 0.25) is 0 Å². The number of ether oxygens (including phenoxy) is 2. The Bertz CT molecular complexity index is 548. The molecule has 106 valence electrons. The molecule has 0 spiro atoms. The number of epoxide rings is 1. The molecule has 0 amide bonds. The summed E-state index contributed by atoms with van der Waals surface area (Å²) in [4.78, 5) is 5.53. The van der Waals surface area contributed by atoms with Crippen LogP contribution in [0.4, 0.5) is 0 Å². The lowest BCUT2D eigenvalue weighted by atomic mass is 10.0. The van der Waals surface area contributed by atoms with Gasteiger partial charge >= 0.3 is 0 Å². The second-order valence-electron chi connectivity index (χ2n) is 5.35. The van der Waals surface area contributed by atoms with Crippen molar-refractivity contribution >= 4 is 6.08 Å². The molecule has 20 heavy (non-hydrogen) atoms. The van der Waals surface area contributed by atoms with E-state index >= 15 is 0 Å². The van der Waals surface area contributed by atoms with Crippen molar-refractivity contribution in [2.45, 2.75) is 25.6 Å². The maximum Gasteiger partial charge on any atom is 0.132 e. The first kappa shape index (κ1) is 13.2. The summed E-state index contributed by atoms with van der Waals surface area (Å²) in [5.41, 5.74) is 4.51. The average molecular weight is 273 g/mol. The molecule has 2 heterocycles. The van der Waals surface area contributed by atoms with E-state index in [4.69, 9.17) is 14.3 Å². The quantitative estimate of drug-likeness (QED) is 0.838. The summed E-state index contributed by atoms with van der Waals surface area (Å²) in [5.74, 6) is 0.870. The minimum Gasteiger partial charge on any atom is -0.490 e. The zero-order valence-corrected chi connectivity index (χ0v) is 11.8. The third kappa shape index (κ3) is 3.21. The third-order valence-corrected chi connectivity index (χ3v) is 3.27. The zero-order valence-electron chi connectivity index (χ0n) is 11.8. The molecule has 0 bridgehead atoms. The van der Waals surface area contributed by atoms with Gasteiger partial charge in [0.15, 0.2) is 0 Å². The molecular weight excluding hydrogens is 254 g/mol. The largest absolute Gasteiger partial charge is 0.490 e. The van der Waals surface area contributed by atoms with Gasteiger partial charge in [-0.1, -0.05) is 24.3 Å². The van der Waals surface area contributed by atoms with Crippen LogP contribution in [-0.4, -0.2) is 24.9 Å². The van der Waals surface area contributed by atoms with Crippen LogP contribution < -0.4 is 10.2 Å². The summed E-state index contributed by atoms with van der Waals surface area (Å²) in [6, 6.07) is 7.97. The van der Waals surface area contributed by atoms with Crippen molar-refractivity contribution in [3.8, 4) is 5.75 Å². The van der Waals surface area contributed by atoms with Gasteiger partial charge in [0.2, 0.25) is 0 Å². The van der Waals surface area contributed by atoms with Crippen molar-refractivity contribution in [2.24, 2.45) is 0 Å². The van der Waals surface area contributed by atoms with Crippen molar-refractivity contribution in [2.75, 3.05) is 13.2 Å². The minimum atomic E-state index is -0.420. The number of nitrogens with one attached hydrogen (secondary N) is 1. The number of hydrogen-bond acceptors (Lipinski definition) is 4. The molecule has 1 fully saturated rings. The topological polar surface area (TPSA) is 43.0 Å². The Morgan fingerprint density at radius 2 is 2.25 bits per heavy atom. The van der Waals surface area contributed by atoms with E-state index in [2.05, 4.69) is 5.48 Å². The summed E-state index contributed by atoms with van der Waals surface area (Å²) in [5, 5.41) is 0. The van der Waals surface area contributed by atoms with Gasteiger partial charge < -0.3 is 9.47 Å². The molecular formula is C16H19NO3. The normalized spacial score (nSPS) is 28.3. The van der Waals surface area contributed by atoms with Crippen LogP contribution in [0.25, 0.3) is 6.08 Å². The second-order valence-corrected chi connectivity index (χ2v) is 5.35. The van der Waals surface area contributed by atoms with E-state index in [0.717, 1.165) is 23.6 Å². The van der Waals surface area contributed by atoms with E-state index in [-0.39, 0.29) is 6.10 Å². The first-order chi connectivity index (χ1) is 9.65. The zero-order chi connectivity index (χ0) is 14.0. The summed E-state index contributed by atoms with van der Waals surface area (Å²) < 4.78 is 10.9. The Morgan fingerprint density at radius 3 is 2.95 bits per heavy atom. The summed E-state index contributed by atoms with van der Waals surface area (Å²) in [6.07, 6.45) is 6.36. The van der Waals surface area contributed by atoms with Crippen molar-refractivity contribution < 1.29 is 14.3 Å². The average Bonchev–Trinajstić information content (AvgIpc) is 3.20. The fraction of sp³-hybridized carbons (Fsp3) is 0.375. The fourth-order valence-corrected chi connectivity index (χ4v) is 2.11. The number of benzene rings is 1. The molecule has 0 radical (unpaired) electrons. The standard InChI is InChI=1S/C16H19NO3/c1-12-9-16(2,20-17-12)8-7-13-5-3-4-6-15(13)19-11-14-10-18-14/h3-9,14,17H,10-11H2,1-2H3. The summed E-state index contributed by atoms with van der Waals surface area (Å²) in [6.45, 7) is 5.40. The van der Waals surface area contributed by atoms with E-state index in [1.54, 1.807) is 0 Å². The van der Waals surface area contributed by atoms with E-state index in [0.29, 0.717) is 6.61 Å². The van der Waals surface area contributed by atoms with Gasteiger partial charge in [0.25, 0.3) is 0 Å². The van der Waals surface area contributed by atoms with Gasteiger partial charge in [-0.15, -0.1) is 0 Å². The monoisotopic (exact) mass is 273 g/mol. The fourth-order valence-electron chi connectivity index (χ4n) is 2.11. The molecule has 3 rings (SSSR count). The van der Waals surface area contributed by atoms with E-state index < -0.39 is 5.60 Å². The van der Waals surface area contributed by atoms with Gasteiger partial charge in [0, 0.05) is 11.3 Å². The molecule has 2 atom stereocenters. The number of allylic oxidation sites excluding steroid dienone is 1. The lowest BCUT2D eigenvalue weighted by Gasteiger charge is -2.15. The van der Waals surface area contributed by atoms with Gasteiger partial charge in [-0.3, -0.25) is 10.3 Å². The number of rotatable bonds is 5. The molecule has 1 aromatic rings. The SMILES string of the molecule is CC1=CC(C)(C=Cc2ccccc2OCC2CO2)ON1. The maximum atomic E-state index is 5.78. The Morgan fingerprint density at radius 1 is 1.45 bits per heavy atom. The van der Waals surface area contributed by atoms with Crippen molar-refractivity contribution in [1.82, 2.24) is 5.48 Å². The smallest absolute Gasteiger partial charge is 0.132 e. The van der Waals surface area contributed by atoms with Crippen LogP contribution in [0, 0.1) is 0 Å². The molecule has 1 N–H and O–H groups in total. The highest BCUT2D eigenvalue weighted by molar-refractivity contribution is 5.58. The maximum absolute atomic E-state index is 5.78. The van der Waals surface area contributed by atoms with Crippen molar-refractivity contribution in [3.05, 3.63) is 47.7 Å². The van der Waals surface area contributed by atoms with E-state index in [1.807, 2.05) is 56.3 Å². The highest BCUT2D eigenvalue weighted by Gasteiger charge is 2.25. The molecule has 2 unspecified atom stereocenters. The predicted molar refractivity (Wildman–Crippen MR) is 77.1 cm³/mol. The van der Waals surface area contributed by atoms with E-state index in [1.165, 1.54) is 0 Å². The molecule has 4 nitrogen and oxygen atoms in total. The van der Waals surface area contributed by atoms with Gasteiger partial charge in [0.1, 0.15) is 24.1 Å². The predicted octanol–water partition coefficient (Wildman–Crippen LogP) is 2.67. The molecule has 0 aliphatic carbocycles. The molecule has 0 saturated carbocycles. The van der Waals surface area contributed by atoms with Crippen LogP contribution in [0.15, 0.2) is 42.1 Å². The third-order valence-electron chi connectivity index (χ3n) is 3.27. The molecule has 0 aromatic heterocycles. The minimum absolute atomic E-state index is 0.262. The molecule has 1 saturated heterocycles. The number of hydrogen-bond donors (Lipinski definition) is 1. The first-order valence-electron chi connectivity index (χ1n) is 6.81. The van der Waals surface area contributed by atoms with Crippen LogP contribution in [0.5, 0.6) is 5.75 Å². The van der Waals surface area contributed by atoms with Gasteiger partial charge in [-0.25, -0.2) is 0 Å². The van der Waals surface area contributed by atoms with Crippen LogP contribution in [-0.2, 0) is 9.57 Å². The molecule has 2 aliphatic rings. The van der Waals surface area contributed by atoms with Gasteiger partial charge in [-0.2, -0.15) is 0 Å². The van der Waals surface area contributed by atoms with Gasteiger partial charge in [0.05, 0.1) is 6.61 Å². The van der Waals surface area contributed by atoms with Crippen molar-refractivity contribution in [1.29, 1.82) is 0 Å². The summed E-state index contributed by atoms with van der Waals surface area (Å²) >= 11 is 0. The lowest BCUT2D eigenvalue weighted by molar-refractivity contribution is 0.00435. The molecule has 2 aliphatic heterocycles.